The van der Waals surface area contributed by atoms with Gasteiger partial charge in [0.2, 0.25) is 5.91 Å². The Bertz CT molecular complexity index is 153. The highest BCUT2D eigenvalue weighted by atomic mass is 16.6. The second kappa shape index (κ2) is 5.97. The van der Waals surface area contributed by atoms with Gasteiger partial charge in [0.1, 0.15) is 0 Å². The first-order valence-corrected chi connectivity index (χ1v) is 5.23. The summed E-state index contributed by atoms with van der Waals surface area (Å²) in [6, 6.07) is 0. The molecule has 1 saturated carbocycles. The average molecular weight is 185 g/mol. The molecule has 1 aliphatic carbocycles. The Labute approximate surface area is 79.8 Å². The van der Waals surface area contributed by atoms with E-state index in [0.717, 1.165) is 0 Å². The van der Waals surface area contributed by atoms with Gasteiger partial charge in [-0.2, -0.15) is 0 Å². The standard InChI is InChI=1S/C10H19NO2/c1-2-13-11-10(12)8-9-6-4-3-5-7-9/h9H,2-8H2,1H3,(H,11,12). The highest BCUT2D eigenvalue weighted by molar-refractivity contribution is 5.74. The van der Waals surface area contributed by atoms with Crippen molar-refractivity contribution in [3.63, 3.8) is 0 Å². The number of amides is 1. The first-order chi connectivity index (χ1) is 6.33. The van der Waals surface area contributed by atoms with Gasteiger partial charge in [-0.15, -0.1) is 0 Å². The molecule has 1 fully saturated rings. The van der Waals surface area contributed by atoms with E-state index in [1.165, 1.54) is 32.1 Å². The Balaban J connectivity index is 2.11. The minimum atomic E-state index is 0.0359. The molecule has 1 rings (SSSR count). The van der Waals surface area contributed by atoms with Crippen molar-refractivity contribution in [3.05, 3.63) is 0 Å². The molecule has 3 nitrogen and oxygen atoms in total. The van der Waals surface area contributed by atoms with Gasteiger partial charge < -0.3 is 0 Å². The van der Waals surface area contributed by atoms with Crippen molar-refractivity contribution in [2.75, 3.05) is 6.61 Å². The Morgan fingerprint density at radius 3 is 2.69 bits per heavy atom. The quantitative estimate of drug-likeness (QED) is 0.680. The molecule has 13 heavy (non-hydrogen) atoms. The predicted octanol–water partition coefficient (Wildman–Crippen LogP) is 2.02. The van der Waals surface area contributed by atoms with E-state index in [1.807, 2.05) is 6.92 Å². The van der Waals surface area contributed by atoms with Gasteiger partial charge in [-0.05, 0) is 25.7 Å². The molecule has 0 spiro atoms. The fourth-order valence-electron chi connectivity index (χ4n) is 1.85. The van der Waals surface area contributed by atoms with Crippen LogP contribution in [0.1, 0.15) is 45.4 Å². The predicted molar refractivity (Wildman–Crippen MR) is 51.0 cm³/mol. The second-order valence-corrected chi connectivity index (χ2v) is 3.67. The highest BCUT2D eigenvalue weighted by Crippen LogP contribution is 2.25. The first kappa shape index (κ1) is 10.5. The van der Waals surface area contributed by atoms with Crippen molar-refractivity contribution in [2.45, 2.75) is 45.4 Å². The summed E-state index contributed by atoms with van der Waals surface area (Å²) in [6.45, 7) is 2.40. The fraction of sp³-hybridized carbons (Fsp3) is 0.900. The van der Waals surface area contributed by atoms with Crippen molar-refractivity contribution in [1.82, 2.24) is 5.48 Å². The second-order valence-electron chi connectivity index (χ2n) is 3.67. The molecule has 1 aliphatic rings. The number of carbonyl (C=O) groups excluding carboxylic acids is 1. The van der Waals surface area contributed by atoms with Crippen molar-refractivity contribution < 1.29 is 9.63 Å². The number of nitrogens with one attached hydrogen (secondary N) is 1. The van der Waals surface area contributed by atoms with Crippen LogP contribution in [-0.2, 0) is 9.63 Å². The molecule has 0 heterocycles. The van der Waals surface area contributed by atoms with Crippen LogP contribution < -0.4 is 5.48 Å². The Hall–Kier alpha value is -0.570. The van der Waals surface area contributed by atoms with Gasteiger partial charge in [0.05, 0.1) is 6.61 Å². The number of hydrogen-bond donors (Lipinski definition) is 1. The maximum absolute atomic E-state index is 11.2. The maximum atomic E-state index is 11.2. The molecular formula is C10H19NO2. The van der Waals surface area contributed by atoms with Crippen LogP contribution in [0.25, 0.3) is 0 Å². The third kappa shape index (κ3) is 4.27. The summed E-state index contributed by atoms with van der Waals surface area (Å²) in [6.07, 6.45) is 6.96. The van der Waals surface area contributed by atoms with E-state index < -0.39 is 0 Å². The Morgan fingerprint density at radius 1 is 1.38 bits per heavy atom. The van der Waals surface area contributed by atoms with E-state index in [9.17, 15) is 4.79 Å². The van der Waals surface area contributed by atoms with Crippen molar-refractivity contribution >= 4 is 5.91 Å². The summed E-state index contributed by atoms with van der Waals surface area (Å²) in [5.74, 6) is 0.628. The van der Waals surface area contributed by atoms with E-state index >= 15 is 0 Å². The summed E-state index contributed by atoms with van der Waals surface area (Å²) in [7, 11) is 0. The first-order valence-electron chi connectivity index (χ1n) is 5.23. The molecule has 0 aromatic heterocycles. The molecule has 0 aromatic carbocycles. The van der Waals surface area contributed by atoms with E-state index in [-0.39, 0.29) is 5.91 Å². The zero-order valence-electron chi connectivity index (χ0n) is 8.34. The molecule has 0 bridgehead atoms. The number of hydrogen-bond acceptors (Lipinski definition) is 2. The molecule has 0 atom stereocenters. The lowest BCUT2D eigenvalue weighted by molar-refractivity contribution is -0.134. The maximum Gasteiger partial charge on any atom is 0.243 e. The molecule has 76 valence electrons. The van der Waals surface area contributed by atoms with Crippen molar-refractivity contribution in [3.8, 4) is 0 Å². The van der Waals surface area contributed by atoms with Crippen LogP contribution in [0.5, 0.6) is 0 Å². The van der Waals surface area contributed by atoms with Crippen LogP contribution in [0.2, 0.25) is 0 Å². The monoisotopic (exact) mass is 185 g/mol. The molecule has 1 amide bonds. The normalized spacial score (nSPS) is 18.5. The minimum Gasteiger partial charge on any atom is -0.274 e. The minimum absolute atomic E-state index is 0.0359. The zero-order chi connectivity index (χ0) is 9.52. The zero-order valence-corrected chi connectivity index (χ0v) is 8.34. The number of carbonyl (C=O) groups is 1. The van der Waals surface area contributed by atoms with Crippen LogP contribution >= 0.6 is 0 Å². The number of hydroxylamine groups is 1. The van der Waals surface area contributed by atoms with Gasteiger partial charge in [0.15, 0.2) is 0 Å². The lowest BCUT2D eigenvalue weighted by atomic mass is 9.87. The largest absolute Gasteiger partial charge is 0.274 e. The van der Waals surface area contributed by atoms with Gasteiger partial charge >= 0.3 is 0 Å². The van der Waals surface area contributed by atoms with Crippen LogP contribution in [0.4, 0.5) is 0 Å². The Morgan fingerprint density at radius 2 is 2.08 bits per heavy atom. The summed E-state index contributed by atoms with van der Waals surface area (Å²) in [5.41, 5.74) is 2.44. The highest BCUT2D eigenvalue weighted by Gasteiger charge is 2.16. The van der Waals surface area contributed by atoms with Crippen LogP contribution in [0, 0.1) is 5.92 Å². The average Bonchev–Trinajstić information content (AvgIpc) is 2.16. The fourth-order valence-corrected chi connectivity index (χ4v) is 1.85. The van der Waals surface area contributed by atoms with Crippen LogP contribution in [0.3, 0.4) is 0 Å². The molecule has 0 unspecified atom stereocenters. The third-order valence-corrected chi connectivity index (χ3v) is 2.53. The Kier molecular flexibility index (Phi) is 4.83. The van der Waals surface area contributed by atoms with E-state index in [0.29, 0.717) is 18.9 Å². The van der Waals surface area contributed by atoms with Gasteiger partial charge in [-0.1, -0.05) is 19.3 Å². The van der Waals surface area contributed by atoms with E-state index in [2.05, 4.69) is 5.48 Å². The van der Waals surface area contributed by atoms with Gasteiger partial charge in [-0.3, -0.25) is 9.63 Å². The molecule has 3 heteroatoms. The van der Waals surface area contributed by atoms with Gasteiger partial charge in [0.25, 0.3) is 0 Å². The third-order valence-electron chi connectivity index (χ3n) is 2.53. The van der Waals surface area contributed by atoms with Gasteiger partial charge in [-0.25, -0.2) is 5.48 Å². The lowest BCUT2D eigenvalue weighted by Crippen LogP contribution is -2.26. The molecule has 0 aromatic rings. The molecule has 1 N–H and O–H groups in total. The topological polar surface area (TPSA) is 38.3 Å². The summed E-state index contributed by atoms with van der Waals surface area (Å²) < 4.78 is 0. The summed E-state index contributed by atoms with van der Waals surface area (Å²) in [4.78, 5) is 16.1. The molecular weight excluding hydrogens is 166 g/mol. The van der Waals surface area contributed by atoms with E-state index in [1.54, 1.807) is 0 Å². The SMILES string of the molecule is CCONC(=O)CC1CCCCC1. The van der Waals surface area contributed by atoms with Crippen molar-refractivity contribution in [2.24, 2.45) is 5.92 Å². The number of rotatable bonds is 4. The molecule has 0 aliphatic heterocycles. The van der Waals surface area contributed by atoms with Crippen molar-refractivity contribution in [1.29, 1.82) is 0 Å². The van der Waals surface area contributed by atoms with Crippen LogP contribution in [-0.4, -0.2) is 12.5 Å². The molecule has 0 saturated heterocycles. The smallest absolute Gasteiger partial charge is 0.243 e. The van der Waals surface area contributed by atoms with Crippen LogP contribution in [0.15, 0.2) is 0 Å². The summed E-state index contributed by atoms with van der Waals surface area (Å²) >= 11 is 0. The summed E-state index contributed by atoms with van der Waals surface area (Å²) in [5, 5.41) is 0. The lowest BCUT2D eigenvalue weighted by Gasteiger charge is -2.20. The van der Waals surface area contributed by atoms with E-state index in [4.69, 9.17) is 4.84 Å². The molecule has 0 radical (unpaired) electrons. The van der Waals surface area contributed by atoms with Gasteiger partial charge in [0, 0.05) is 6.42 Å².